The molecule has 0 saturated heterocycles. The number of unbranched alkanes of at least 4 members (excludes halogenated alkanes) is 1. The Morgan fingerprint density at radius 1 is 1.38 bits per heavy atom. The fourth-order valence-electron chi connectivity index (χ4n) is 0.825. The first-order valence-corrected chi connectivity index (χ1v) is 5.28. The number of ketones is 1. The second-order valence-electron chi connectivity index (χ2n) is 3.35. The molecule has 0 saturated carbocycles. The molecule has 0 aromatic carbocycles. The van der Waals surface area contributed by atoms with Crippen LogP contribution in [0.15, 0.2) is 23.5 Å². The molecule has 16 heavy (non-hydrogen) atoms. The van der Waals surface area contributed by atoms with Crippen molar-refractivity contribution >= 4 is 11.8 Å². The van der Waals surface area contributed by atoms with Gasteiger partial charge >= 0.3 is 5.97 Å². The minimum atomic E-state index is -0.927. The third kappa shape index (κ3) is 5.34. The van der Waals surface area contributed by atoms with Crippen molar-refractivity contribution in [1.29, 1.82) is 0 Å². The molecule has 0 spiro atoms. The topological polar surface area (TPSA) is 63.6 Å². The molecule has 0 aromatic rings. The number of aliphatic hydroxyl groups excluding tert-OH is 1. The molecule has 0 unspecified atom stereocenters. The molecule has 0 atom stereocenters. The Bertz CT molecular complexity index is 313. The molecule has 90 valence electrons. The molecule has 0 radical (unpaired) electrons. The van der Waals surface area contributed by atoms with Gasteiger partial charge in [-0.2, -0.15) is 0 Å². The van der Waals surface area contributed by atoms with E-state index in [1.54, 1.807) is 19.9 Å². The minimum absolute atomic E-state index is 0.208. The van der Waals surface area contributed by atoms with E-state index in [-0.39, 0.29) is 12.4 Å². The number of esters is 1. The molecule has 4 heteroatoms. The Morgan fingerprint density at radius 2 is 2.00 bits per heavy atom. The van der Waals surface area contributed by atoms with Gasteiger partial charge in [-0.1, -0.05) is 19.4 Å². The van der Waals surface area contributed by atoms with Crippen LogP contribution < -0.4 is 0 Å². The normalized spacial score (nSPS) is 12.4. The summed E-state index contributed by atoms with van der Waals surface area (Å²) in [6.45, 7) is 5.56. The summed E-state index contributed by atoms with van der Waals surface area (Å²) in [5.74, 6) is -1.97. The van der Waals surface area contributed by atoms with Crippen molar-refractivity contribution in [3.05, 3.63) is 23.5 Å². The van der Waals surface area contributed by atoms with Gasteiger partial charge in [0.25, 0.3) is 5.78 Å². The first-order chi connectivity index (χ1) is 7.52. The highest BCUT2D eigenvalue weighted by Crippen LogP contribution is 2.04. The van der Waals surface area contributed by atoms with Gasteiger partial charge in [0, 0.05) is 6.08 Å². The van der Waals surface area contributed by atoms with Gasteiger partial charge < -0.3 is 9.84 Å². The quantitative estimate of drug-likeness (QED) is 0.188. The van der Waals surface area contributed by atoms with Crippen LogP contribution in [0.2, 0.25) is 0 Å². The molecule has 0 fully saturated rings. The fraction of sp³-hybridized carbons (Fsp3) is 0.500. The first kappa shape index (κ1) is 14.4. The molecule has 0 aliphatic heterocycles. The molecule has 0 aromatic heterocycles. The smallest absolute Gasteiger partial charge is 0.379 e. The van der Waals surface area contributed by atoms with Gasteiger partial charge in [0.1, 0.15) is 5.76 Å². The monoisotopic (exact) mass is 226 g/mol. The lowest BCUT2D eigenvalue weighted by atomic mass is 10.2. The van der Waals surface area contributed by atoms with Gasteiger partial charge in [0.05, 0.1) is 6.61 Å². The molecular formula is C12H18O4. The fourth-order valence-corrected chi connectivity index (χ4v) is 0.825. The van der Waals surface area contributed by atoms with Crippen molar-refractivity contribution < 1.29 is 19.4 Å². The summed E-state index contributed by atoms with van der Waals surface area (Å²) in [6.07, 6.45) is 4.13. The van der Waals surface area contributed by atoms with Crippen LogP contribution >= 0.6 is 0 Å². The molecule has 0 aliphatic carbocycles. The van der Waals surface area contributed by atoms with Crippen LogP contribution in [0.4, 0.5) is 0 Å². The van der Waals surface area contributed by atoms with Gasteiger partial charge in [0.15, 0.2) is 0 Å². The summed E-state index contributed by atoms with van der Waals surface area (Å²) >= 11 is 0. The highest BCUT2D eigenvalue weighted by atomic mass is 16.5. The molecule has 0 aliphatic rings. The van der Waals surface area contributed by atoms with Gasteiger partial charge in [0.2, 0.25) is 0 Å². The van der Waals surface area contributed by atoms with Crippen LogP contribution in [0, 0.1) is 0 Å². The second kappa shape index (κ2) is 7.68. The third-order valence-electron chi connectivity index (χ3n) is 2.04. The zero-order valence-electron chi connectivity index (χ0n) is 9.95. The van der Waals surface area contributed by atoms with E-state index in [4.69, 9.17) is 4.74 Å². The number of allylic oxidation sites excluding steroid dienone is 2. The average molecular weight is 226 g/mol. The summed E-state index contributed by atoms with van der Waals surface area (Å²) in [4.78, 5) is 22.3. The van der Waals surface area contributed by atoms with Crippen molar-refractivity contribution in [2.75, 3.05) is 6.61 Å². The largest absolute Gasteiger partial charge is 0.508 e. The average Bonchev–Trinajstić information content (AvgIpc) is 2.27. The summed E-state index contributed by atoms with van der Waals surface area (Å²) < 4.78 is 4.69. The van der Waals surface area contributed by atoms with Crippen LogP contribution in [0.25, 0.3) is 0 Å². The number of ether oxygens (including phenoxy) is 1. The van der Waals surface area contributed by atoms with Crippen molar-refractivity contribution in [2.45, 2.75) is 33.6 Å². The predicted octanol–water partition coefficient (Wildman–Crippen LogP) is 2.31. The summed E-state index contributed by atoms with van der Waals surface area (Å²) in [7, 11) is 0. The SMILES string of the molecule is CC=C(C)/C(O)=C/C(=O)C(=O)OCCCC. The summed E-state index contributed by atoms with van der Waals surface area (Å²) in [6, 6.07) is 0. The van der Waals surface area contributed by atoms with Gasteiger partial charge in [-0.3, -0.25) is 4.79 Å². The van der Waals surface area contributed by atoms with Crippen LogP contribution in [0.1, 0.15) is 33.6 Å². The van der Waals surface area contributed by atoms with E-state index in [1.807, 2.05) is 6.92 Å². The summed E-state index contributed by atoms with van der Waals surface area (Å²) in [5.41, 5.74) is 0.537. The minimum Gasteiger partial charge on any atom is -0.508 e. The Morgan fingerprint density at radius 3 is 2.50 bits per heavy atom. The van der Waals surface area contributed by atoms with Crippen molar-refractivity contribution in [1.82, 2.24) is 0 Å². The maximum atomic E-state index is 11.2. The Kier molecular flexibility index (Phi) is 6.92. The number of hydrogen-bond donors (Lipinski definition) is 1. The lowest BCUT2D eigenvalue weighted by Crippen LogP contribution is -2.16. The first-order valence-electron chi connectivity index (χ1n) is 5.28. The van der Waals surface area contributed by atoms with Crippen LogP contribution in [-0.4, -0.2) is 23.5 Å². The number of rotatable bonds is 6. The standard InChI is InChI=1S/C12H18O4/c1-4-6-7-16-12(15)11(14)8-10(13)9(3)5-2/h5,8,13H,4,6-7H2,1-3H3/b9-5?,10-8-. The molecule has 0 amide bonds. The van der Waals surface area contributed by atoms with E-state index in [2.05, 4.69) is 0 Å². The maximum Gasteiger partial charge on any atom is 0.379 e. The van der Waals surface area contributed by atoms with E-state index < -0.39 is 11.8 Å². The van der Waals surface area contributed by atoms with E-state index in [9.17, 15) is 14.7 Å². The van der Waals surface area contributed by atoms with Crippen molar-refractivity contribution in [3.8, 4) is 0 Å². The lowest BCUT2D eigenvalue weighted by Gasteiger charge is -2.01. The number of hydrogen-bond acceptors (Lipinski definition) is 4. The molecule has 1 N–H and O–H groups in total. The maximum absolute atomic E-state index is 11.2. The van der Waals surface area contributed by atoms with Crippen LogP contribution in [0.5, 0.6) is 0 Å². The molecule has 0 heterocycles. The highest BCUT2D eigenvalue weighted by Gasteiger charge is 2.13. The van der Waals surface area contributed by atoms with E-state index in [0.29, 0.717) is 5.57 Å². The third-order valence-corrected chi connectivity index (χ3v) is 2.04. The van der Waals surface area contributed by atoms with E-state index >= 15 is 0 Å². The Labute approximate surface area is 95.6 Å². The van der Waals surface area contributed by atoms with Gasteiger partial charge in [-0.05, 0) is 25.8 Å². The molecule has 0 bridgehead atoms. The second-order valence-corrected chi connectivity index (χ2v) is 3.35. The van der Waals surface area contributed by atoms with Crippen LogP contribution in [-0.2, 0) is 14.3 Å². The van der Waals surface area contributed by atoms with Crippen LogP contribution in [0.3, 0.4) is 0 Å². The molecular weight excluding hydrogens is 208 g/mol. The summed E-state index contributed by atoms with van der Waals surface area (Å²) in [5, 5.41) is 9.37. The van der Waals surface area contributed by atoms with Crippen molar-refractivity contribution in [3.63, 3.8) is 0 Å². The Hall–Kier alpha value is -1.58. The highest BCUT2D eigenvalue weighted by molar-refractivity contribution is 6.38. The molecule has 4 nitrogen and oxygen atoms in total. The lowest BCUT2D eigenvalue weighted by molar-refractivity contribution is -0.151. The Balaban J connectivity index is 4.30. The number of carbonyl (C=O) groups excluding carboxylic acids is 2. The van der Waals surface area contributed by atoms with E-state index in [1.165, 1.54) is 0 Å². The number of aliphatic hydroxyl groups is 1. The van der Waals surface area contributed by atoms with Crippen molar-refractivity contribution in [2.24, 2.45) is 0 Å². The zero-order valence-corrected chi connectivity index (χ0v) is 9.95. The zero-order chi connectivity index (χ0) is 12.6. The number of carbonyl (C=O) groups is 2. The van der Waals surface area contributed by atoms with E-state index in [0.717, 1.165) is 18.9 Å². The molecule has 0 rings (SSSR count). The van der Waals surface area contributed by atoms with Gasteiger partial charge in [-0.15, -0.1) is 0 Å². The predicted molar refractivity (Wildman–Crippen MR) is 61.0 cm³/mol. The van der Waals surface area contributed by atoms with Gasteiger partial charge in [-0.25, -0.2) is 4.79 Å².